The van der Waals surface area contributed by atoms with Crippen molar-refractivity contribution in [3.8, 4) is 11.1 Å². The summed E-state index contributed by atoms with van der Waals surface area (Å²) in [5.41, 5.74) is 3.46. The van der Waals surface area contributed by atoms with Crippen LogP contribution < -0.4 is 0 Å². The Hall–Kier alpha value is -1.89. The average Bonchev–Trinajstić information content (AvgIpc) is 2.46. The van der Waals surface area contributed by atoms with Crippen LogP contribution in [0.1, 0.15) is 5.56 Å². The van der Waals surface area contributed by atoms with E-state index in [1.165, 1.54) is 17.2 Å². The van der Waals surface area contributed by atoms with E-state index >= 15 is 0 Å². The van der Waals surface area contributed by atoms with Gasteiger partial charge in [0.05, 0.1) is 0 Å². The maximum atomic E-state index is 10.2. The van der Waals surface area contributed by atoms with Gasteiger partial charge in [-0.05, 0) is 34.9 Å². The minimum absolute atomic E-state index is 0.789. The van der Waals surface area contributed by atoms with E-state index in [0.717, 1.165) is 11.8 Å². The topological polar surface area (TPSA) is 17.1 Å². The van der Waals surface area contributed by atoms with Crippen LogP contribution in [0.4, 0.5) is 0 Å². The van der Waals surface area contributed by atoms with Gasteiger partial charge in [0.25, 0.3) is 0 Å². The fraction of sp³-hybridized carbons (Fsp3) is 0. The predicted molar refractivity (Wildman–Crippen MR) is 58.2 cm³/mol. The van der Waals surface area contributed by atoms with Crippen molar-refractivity contribution >= 4 is 12.4 Å². The van der Waals surface area contributed by atoms with E-state index in [1.54, 1.807) is 0 Å². The number of hydrogen-bond donors (Lipinski definition) is 0. The molecule has 1 heteroatoms. The third-order valence-electron chi connectivity index (χ3n) is 2.12. The number of aldehydes is 1. The summed E-state index contributed by atoms with van der Waals surface area (Å²) in [5.74, 6) is 0. The molecule has 0 saturated carbocycles. The van der Waals surface area contributed by atoms with Crippen molar-refractivity contribution in [2.45, 2.75) is 0 Å². The van der Waals surface area contributed by atoms with Crippen molar-refractivity contribution in [2.24, 2.45) is 0 Å². The van der Waals surface area contributed by atoms with Crippen LogP contribution in [0.3, 0.4) is 0 Å². The summed E-state index contributed by atoms with van der Waals surface area (Å²) in [7, 11) is 0. The van der Waals surface area contributed by atoms with Crippen molar-refractivity contribution in [3.05, 3.63) is 54.1 Å². The number of allylic oxidation sites excluding steroid dienone is 1. The van der Waals surface area contributed by atoms with Gasteiger partial charge in [0.1, 0.15) is 6.29 Å². The van der Waals surface area contributed by atoms with Crippen molar-refractivity contribution in [2.75, 3.05) is 0 Å². The second-order valence-corrected chi connectivity index (χ2v) is 3.11. The zero-order valence-electron chi connectivity index (χ0n) is 7.68. The fourth-order valence-corrected chi connectivity index (χ4v) is 1.49. The number of rotatable bonds is 2. The molecule has 2 aliphatic carbocycles. The van der Waals surface area contributed by atoms with Crippen molar-refractivity contribution in [3.63, 3.8) is 0 Å². The second kappa shape index (κ2) is 3.88. The number of fused-ring (bicyclic) bond motifs is 1. The summed E-state index contributed by atoms with van der Waals surface area (Å²) in [5, 5.41) is 0. The van der Waals surface area contributed by atoms with Crippen molar-refractivity contribution < 1.29 is 4.79 Å². The largest absolute Gasteiger partial charge is 0.299 e. The first-order valence-corrected chi connectivity index (χ1v) is 4.51. The van der Waals surface area contributed by atoms with Crippen LogP contribution in [0.15, 0.2) is 48.5 Å². The van der Waals surface area contributed by atoms with Crippen LogP contribution in [0.25, 0.3) is 17.2 Å². The molecule has 0 aromatic heterocycles. The average molecular weight is 182 g/mol. The highest BCUT2D eigenvalue weighted by Crippen LogP contribution is 2.25. The summed E-state index contributed by atoms with van der Waals surface area (Å²) >= 11 is 0. The Balaban J connectivity index is 2.47. The molecule has 68 valence electrons. The Kier molecular flexibility index (Phi) is 2.41. The van der Waals surface area contributed by atoms with Crippen LogP contribution in [-0.4, -0.2) is 6.29 Å². The predicted octanol–water partition coefficient (Wildman–Crippen LogP) is 3.00. The molecule has 0 aromatic rings. The van der Waals surface area contributed by atoms with Gasteiger partial charge in [-0.1, -0.05) is 36.4 Å². The molecule has 0 aromatic carbocycles. The Morgan fingerprint density at radius 1 is 0.929 bits per heavy atom. The maximum absolute atomic E-state index is 10.2. The third kappa shape index (κ3) is 1.72. The third-order valence-corrected chi connectivity index (χ3v) is 2.12. The van der Waals surface area contributed by atoms with Crippen LogP contribution in [-0.2, 0) is 4.79 Å². The molecule has 14 heavy (non-hydrogen) atoms. The van der Waals surface area contributed by atoms with E-state index in [2.05, 4.69) is 24.3 Å². The van der Waals surface area contributed by atoms with Crippen LogP contribution in [0, 0.1) is 0 Å². The summed E-state index contributed by atoms with van der Waals surface area (Å²) in [6.45, 7) is 0. The lowest BCUT2D eigenvalue weighted by Crippen LogP contribution is -1.60. The SMILES string of the molecule is O=C/C=C/c1cc2cccccc-2c1. The molecule has 0 saturated heterocycles. The van der Waals surface area contributed by atoms with Gasteiger partial charge >= 0.3 is 0 Å². The summed E-state index contributed by atoms with van der Waals surface area (Å²) in [4.78, 5) is 10.2. The molecule has 1 nitrogen and oxygen atoms in total. The number of hydrogen-bond acceptors (Lipinski definition) is 1. The number of carbonyl (C=O) groups is 1. The van der Waals surface area contributed by atoms with Gasteiger partial charge in [-0.2, -0.15) is 0 Å². The zero-order chi connectivity index (χ0) is 9.80. The molecule has 2 rings (SSSR count). The Labute approximate surface area is 83.0 Å². The zero-order valence-corrected chi connectivity index (χ0v) is 7.68. The first-order valence-electron chi connectivity index (χ1n) is 4.51. The molecule has 2 aliphatic rings. The van der Waals surface area contributed by atoms with Gasteiger partial charge in [0, 0.05) is 0 Å². The molecule has 0 amide bonds. The minimum Gasteiger partial charge on any atom is -0.299 e. The highest BCUT2D eigenvalue weighted by Gasteiger charge is 2.01. The lowest BCUT2D eigenvalue weighted by atomic mass is 10.2. The Bertz CT molecular complexity index is 412. The van der Waals surface area contributed by atoms with Crippen molar-refractivity contribution in [1.82, 2.24) is 0 Å². The van der Waals surface area contributed by atoms with Crippen LogP contribution >= 0.6 is 0 Å². The normalized spacial score (nSPS) is 10.9. The van der Waals surface area contributed by atoms with E-state index in [4.69, 9.17) is 0 Å². The molecule has 0 heterocycles. The molecular formula is C13H10O. The molecular weight excluding hydrogens is 172 g/mol. The standard InChI is InChI=1S/C13H10O/c14-8-4-5-11-9-12-6-2-1-3-7-13(12)10-11/h1-10H/b5-4+. The van der Waals surface area contributed by atoms with Gasteiger partial charge in [0.2, 0.25) is 0 Å². The molecule has 0 bridgehead atoms. The molecule has 0 radical (unpaired) electrons. The molecule has 0 unspecified atom stereocenters. The summed E-state index contributed by atoms with van der Waals surface area (Å²) < 4.78 is 0. The highest BCUT2D eigenvalue weighted by molar-refractivity contribution is 5.78. The molecule has 0 fully saturated rings. The fourth-order valence-electron chi connectivity index (χ4n) is 1.49. The Morgan fingerprint density at radius 3 is 2.14 bits per heavy atom. The monoisotopic (exact) mass is 182 g/mol. The molecule has 0 atom stereocenters. The highest BCUT2D eigenvalue weighted by atomic mass is 16.1. The van der Waals surface area contributed by atoms with E-state index in [9.17, 15) is 4.79 Å². The summed E-state index contributed by atoms with van der Waals surface area (Å²) in [6.07, 6.45) is 4.11. The molecule has 0 N–H and O–H groups in total. The van der Waals surface area contributed by atoms with Crippen LogP contribution in [0.2, 0.25) is 0 Å². The molecule has 0 aliphatic heterocycles. The minimum atomic E-state index is 0.789. The Morgan fingerprint density at radius 2 is 1.57 bits per heavy atom. The van der Waals surface area contributed by atoms with E-state index < -0.39 is 0 Å². The first-order chi connectivity index (χ1) is 6.90. The second-order valence-electron chi connectivity index (χ2n) is 3.11. The lowest BCUT2D eigenvalue weighted by molar-refractivity contribution is -0.104. The van der Waals surface area contributed by atoms with Gasteiger partial charge in [-0.15, -0.1) is 0 Å². The van der Waals surface area contributed by atoms with E-state index in [0.29, 0.717) is 0 Å². The molecule has 0 spiro atoms. The smallest absolute Gasteiger partial charge is 0.142 e. The van der Waals surface area contributed by atoms with Crippen molar-refractivity contribution in [1.29, 1.82) is 0 Å². The van der Waals surface area contributed by atoms with Gasteiger partial charge in [-0.25, -0.2) is 0 Å². The quantitative estimate of drug-likeness (QED) is 0.515. The van der Waals surface area contributed by atoms with Crippen LogP contribution in [0.5, 0.6) is 0 Å². The van der Waals surface area contributed by atoms with E-state index in [-0.39, 0.29) is 0 Å². The van der Waals surface area contributed by atoms with E-state index in [1.807, 2.05) is 24.3 Å². The van der Waals surface area contributed by atoms with Gasteiger partial charge in [-0.3, -0.25) is 4.79 Å². The first kappa shape index (κ1) is 8.70. The van der Waals surface area contributed by atoms with Gasteiger partial charge in [0.15, 0.2) is 0 Å². The van der Waals surface area contributed by atoms with Gasteiger partial charge < -0.3 is 0 Å². The number of carbonyl (C=O) groups excluding carboxylic acids is 1. The lowest BCUT2D eigenvalue weighted by Gasteiger charge is -1.85. The summed E-state index contributed by atoms with van der Waals surface area (Å²) in [6, 6.07) is 14.3. The maximum Gasteiger partial charge on any atom is 0.142 e.